The number of rotatable bonds is 4. The minimum Gasteiger partial charge on any atom is -0.465 e. The van der Waals surface area contributed by atoms with E-state index in [0.29, 0.717) is 24.6 Å². The van der Waals surface area contributed by atoms with Gasteiger partial charge in [-0.15, -0.1) is 0 Å². The average Bonchev–Trinajstić information content (AvgIpc) is 3.10. The molecule has 2 aliphatic heterocycles. The molecule has 1 amide bonds. The monoisotopic (exact) mass is 399 g/mol. The van der Waals surface area contributed by atoms with Crippen molar-refractivity contribution in [3.05, 3.63) is 70.7 Å². The van der Waals surface area contributed by atoms with Gasteiger partial charge in [-0.25, -0.2) is 5.01 Å². The molecule has 0 radical (unpaired) electrons. The minimum atomic E-state index is -0.606. The second-order valence-corrected chi connectivity index (χ2v) is 7.29. The molecule has 2 heterocycles. The van der Waals surface area contributed by atoms with Gasteiger partial charge >= 0.3 is 5.97 Å². The first-order valence-corrected chi connectivity index (χ1v) is 9.79. The first-order valence-electron chi connectivity index (χ1n) is 9.42. The fourth-order valence-corrected chi connectivity index (χ4v) is 4.10. The second kappa shape index (κ2) is 7.91. The molecule has 3 atom stereocenters. The molecule has 28 heavy (non-hydrogen) atoms. The fraction of sp³-hybridized carbons (Fsp3) is 0.333. The van der Waals surface area contributed by atoms with Gasteiger partial charge in [0.15, 0.2) is 0 Å². The molecule has 2 aromatic carbocycles. The quantitative estimate of drug-likeness (QED) is 0.800. The number of halogens is 1. The van der Waals surface area contributed by atoms with Crippen LogP contribution in [0, 0.1) is 0 Å². The standard InChI is InChI=1S/C21H22ClN3O3/c1-2-28-21(27)18-19(14-6-4-3-5-7-14)24-13-12-17(26)25(24)20(23-18)15-8-10-16(22)11-9-15/h3-11,18-20,23H,2,12-13H2,1H3. The molecule has 0 bridgehead atoms. The van der Waals surface area contributed by atoms with Crippen molar-refractivity contribution in [1.29, 1.82) is 0 Å². The van der Waals surface area contributed by atoms with Crippen LogP contribution in [0.2, 0.25) is 5.02 Å². The molecule has 3 unspecified atom stereocenters. The smallest absolute Gasteiger partial charge is 0.325 e. The molecule has 0 aromatic heterocycles. The third-order valence-corrected chi connectivity index (χ3v) is 5.43. The summed E-state index contributed by atoms with van der Waals surface area (Å²) in [7, 11) is 0. The molecular formula is C21H22ClN3O3. The number of carbonyl (C=O) groups excluding carboxylic acids is 2. The molecule has 4 rings (SSSR count). The molecule has 6 nitrogen and oxygen atoms in total. The van der Waals surface area contributed by atoms with Gasteiger partial charge in [0, 0.05) is 18.0 Å². The number of esters is 1. The number of amides is 1. The lowest BCUT2D eigenvalue weighted by Crippen LogP contribution is -2.63. The first-order chi connectivity index (χ1) is 13.6. The molecule has 0 saturated carbocycles. The van der Waals surface area contributed by atoms with Crippen LogP contribution in [0.5, 0.6) is 0 Å². The van der Waals surface area contributed by atoms with E-state index in [-0.39, 0.29) is 17.9 Å². The summed E-state index contributed by atoms with van der Waals surface area (Å²) in [5.41, 5.74) is 1.83. The van der Waals surface area contributed by atoms with Crippen LogP contribution >= 0.6 is 11.6 Å². The number of nitrogens with one attached hydrogen (secondary N) is 1. The van der Waals surface area contributed by atoms with E-state index in [1.54, 1.807) is 24.1 Å². The van der Waals surface area contributed by atoms with Gasteiger partial charge in [0.2, 0.25) is 5.91 Å². The second-order valence-electron chi connectivity index (χ2n) is 6.86. The number of hydrogen-bond acceptors (Lipinski definition) is 5. The average molecular weight is 400 g/mol. The maximum absolute atomic E-state index is 12.8. The van der Waals surface area contributed by atoms with Gasteiger partial charge in [-0.1, -0.05) is 54.1 Å². The lowest BCUT2D eigenvalue weighted by Gasteiger charge is -2.48. The highest BCUT2D eigenvalue weighted by molar-refractivity contribution is 6.30. The lowest BCUT2D eigenvalue weighted by molar-refractivity contribution is -0.174. The molecule has 2 saturated heterocycles. The van der Waals surface area contributed by atoms with Gasteiger partial charge in [-0.05, 0) is 30.2 Å². The van der Waals surface area contributed by atoms with E-state index in [4.69, 9.17) is 16.3 Å². The summed E-state index contributed by atoms with van der Waals surface area (Å²) in [6, 6.07) is 16.1. The third-order valence-electron chi connectivity index (χ3n) is 5.17. The van der Waals surface area contributed by atoms with Crippen molar-refractivity contribution >= 4 is 23.5 Å². The Kier molecular flexibility index (Phi) is 5.35. The highest BCUT2D eigenvalue weighted by atomic mass is 35.5. The van der Waals surface area contributed by atoms with Gasteiger partial charge in [0.1, 0.15) is 12.2 Å². The zero-order chi connectivity index (χ0) is 19.7. The van der Waals surface area contributed by atoms with Crippen LogP contribution in [0.15, 0.2) is 54.6 Å². The van der Waals surface area contributed by atoms with Gasteiger partial charge in [0.05, 0.1) is 12.6 Å². The maximum Gasteiger partial charge on any atom is 0.325 e. The van der Waals surface area contributed by atoms with E-state index >= 15 is 0 Å². The predicted molar refractivity (Wildman–Crippen MR) is 105 cm³/mol. The normalized spacial score (nSPS) is 24.9. The van der Waals surface area contributed by atoms with Crippen molar-refractivity contribution in [3.8, 4) is 0 Å². The zero-order valence-corrected chi connectivity index (χ0v) is 16.3. The highest BCUT2D eigenvalue weighted by Crippen LogP contribution is 2.40. The third kappa shape index (κ3) is 3.39. The largest absolute Gasteiger partial charge is 0.465 e. The number of benzene rings is 2. The van der Waals surface area contributed by atoms with Crippen molar-refractivity contribution in [2.24, 2.45) is 0 Å². The summed E-state index contributed by atoms with van der Waals surface area (Å²) in [5.74, 6) is -0.301. The molecule has 7 heteroatoms. The minimum absolute atomic E-state index is 0.0238. The van der Waals surface area contributed by atoms with E-state index in [0.717, 1.165) is 11.1 Å². The van der Waals surface area contributed by atoms with Crippen molar-refractivity contribution in [3.63, 3.8) is 0 Å². The van der Waals surface area contributed by atoms with Crippen LogP contribution in [0.1, 0.15) is 36.7 Å². The Morgan fingerprint density at radius 3 is 2.54 bits per heavy atom. The Labute approximate surface area is 169 Å². The molecule has 0 aliphatic carbocycles. The molecular weight excluding hydrogens is 378 g/mol. The molecule has 1 N–H and O–H groups in total. The van der Waals surface area contributed by atoms with Crippen LogP contribution in [-0.4, -0.2) is 41.1 Å². The Balaban J connectivity index is 1.77. The lowest BCUT2D eigenvalue weighted by atomic mass is 9.96. The highest BCUT2D eigenvalue weighted by Gasteiger charge is 2.50. The SMILES string of the molecule is CCOC(=O)C1NC(c2ccc(Cl)cc2)N2C(=O)CCN2C1c1ccccc1. The van der Waals surface area contributed by atoms with E-state index in [1.165, 1.54) is 0 Å². The number of hydrogen-bond donors (Lipinski definition) is 1. The molecule has 0 spiro atoms. The van der Waals surface area contributed by atoms with Crippen molar-refractivity contribution in [1.82, 2.24) is 15.3 Å². The summed E-state index contributed by atoms with van der Waals surface area (Å²) in [4.78, 5) is 25.6. The van der Waals surface area contributed by atoms with Crippen LogP contribution in [0.3, 0.4) is 0 Å². The fourth-order valence-electron chi connectivity index (χ4n) is 3.97. The molecule has 2 aliphatic rings. The summed E-state index contributed by atoms with van der Waals surface area (Å²) in [6.45, 7) is 2.65. The predicted octanol–water partition coefficient (Wildman–Crippen LogP) is 3.06. The van der Waals surface area contributed by atoms with Crippen LogP contribution in [-0.2, 0) is 14.3 Å². The van der Waals surface area contributed by atoms with Gasteiger partial charge in [-0.2, -0.15) is 0 Å². The Hall–Kier alpha value is -2.41. The van der Waals surface area contributed by atoms with E-state index in [9.17, 15) is 9.59 Å². The molecule has 2 aromatic rings. The Bertz CT molecular complexity index is 859. The Morgan fingerprint density at radius 1 is 1.14 bits per heavy atom. The van der Waals surface area contributed by atoms with Crippen molar-refractivity contribution in [2.45, 2.75) is 31.6 Å². The number of nitrogens with zero attached hydrogens (tertiary/aromatic N) is 2. The Morgan fingerprint density at radius 2 is 1.86 bits per heavy atom. The summed E-state index contributed by atoms with van der Waals surface area (Å²) < 4.78 is 5.36. The van der Waals surface area contributed by atoms with Crippen LogP contribution < -0.4 is 5.32 Å². The number of fused-ring (bicyclic) bond motifs is 1. The summed E-state index contributed by atoms with van der Waals surface area (Å²) in [5, 5.41) is 7.72. The zero-order valence-electron chi connectivity index (χ0n) is 15.5. The summed E-state index contributed by atoms with van der Waals surface area (Å²) >= 11 is 6.03. The van der Waals surface area contributed by atoms with Gasteiger partial charge in [0.25, 0.3) is 0 Å². The maximum atomic E-state index is 12.8. The van der Waals surface area contributed by atoms with E-state index in [1.807, 2.05) is 47.5 Å². The van der Waals surface area contributed by atoms with Crippen molar-refractivity contribution in [2.75, 3.05) is 13.2 Å². The topological polar surface area (TPSA) is 61.9 Å². The van der Waals surface area contributed by atoms with E-state index in [2.05, 4.69) is 5.32 Å². The van der Waals surface area contributed by atoms with Gasteiger partial charge < -0.3 is 4.74 Å². The van der Waals surface area contributed by atoms with Crippen LogP contribution in [0.4, 0.5) is 0 Å². The number of hydrazine groups is 1. The number of ether oxygens (including phenoxy) is 1. The van der Waals surface area contributed by atoms with Crippen LogP contribution in [0.25, 0.3) is 0 Å². The van der Waals surface area contributed by atoms with Gasteiger partial charge in [-0.3, -0.25) is 19.9 Å². The van der Waals surface area contributed by atoms with Crippen molar-refractivity contribution < 1.29 is 14.3 Å². The molecule has 2 fully saturated rings. The summed E-state index contributed by atoms with van der Waals surface area (Å²) in [6.07, 6.45) is -0.0494. The van der Waals surface area contributed by atoms with E-state index < -0.39 is 12.2 Å². The number of carbonyl (C=O) groups is 2. The molecule has 146 valence electrons. The first kappa shape index (κ1) is 18.9.